The fourth-order valence-electron chi connectivity index (χ4n) is 1.09. The summed E-state index contributed by atoms with van der Waals surface area (Å²) in [7, 11) is 0. The smallest absolute Gasteiger partial charge is 0.114 e. The molecule has 0 saturated heterocycles. The van der Waals surface area contributed by atoms with Gasteiger partial charge in [-0.15, -0.1) is 0 Å². The molecule has 0 radical (unpaired) electrons. The third-order valence-corrected chi connectivity index (χ3v) is 1.60. The van der Waals surface area contributed by atoms with Gasteiger partial charge in [-0.2, -0.15) is 0 Å². The minimum atomic E-state index is 0.522. The first-order valence-electron chi connectivity index (χ1n) is 4.07. The Labute approximate surface area is 67.4 Å². The fourth-order valence-corrected chi connectivity index (χ4v) is 1.09. The van der Waals surface area contributed by atoms with Crippen LogP contribution in [0.1, 0.15) is 26.7 Å². The molecular weight excluding hydrogens is 138 g/mol. The standard InChI is InChI=1S/C8H15N3/c1-3-4-8(2)10-11-6-5-9-7-11/h5-8,10H,3-4H2,1-2H3. The molecule has 0 bridgehead atoms. The monoisotopic (exact) mass is 153 g/mol. The molecule has 1 unspecified atom stereocenters. The van der Waals surface area contributed by atoms with E-state index < -0.39 is 0 Å². The highest BCUT2D eigenvalue weighted by Crippen LogP contribution is 1.96. The summed E-state index contributed by atoms with van der Waals surface area (Å²) in [5, 5.41) is 0. The molecule has 0 aromatic carbocycles. The Bertz CT molecular complexity index is 181. The molecule has 0 spiro atoms. The normalized spacial score (nSPS) is 12.9. The average Bonchev–Trinajstić information content (AvgIpc) is 2.40. The van der Waals surface area contributed by atoms with Crippen molar-refractivity contribution in [3.05, 3.63) is 18.7 Å². The zero-order valence-electron chi connectivity index (χ0n) is 7.12. The van der Waals surface area contributed by atoms with Crippen LogP contribution in [-0.4, -0.2) is 15.7 Å². The number of hydrogen-bond donors (Lipinski definition) is 1. The van der Waals surface area contributed by atoms with Gasteiger partial charge in [0, 0.05) is 18.4 Å². The Morgan fingerprint density at radius 3 is 3.00 bits per heavy atom. The van der Waals surface area contributed by atoms with Gasteiger partial charge in [0.25, 0.3) is 0 Å². The van der Waals surface area contributed by atoms with Gasteiger partial charge in [0.05, 0.1) is 0 Å². The molecule has 0 saturated carbocycles. The van der Waals surface area contributed by atoms with E-state index in [1.54, 1.807) is 12.5 Å². The minimum absolute atomic E-state index is 0.522. The summed E-state index contributed by atoms with van der Waals surface area (Å²) in [6.45, 7) is 4.36. The van der Waals surface area contributed by atoms with Crippen LogP contribution in [0.25, 0.3) is 0 Å². The SMILES string of the molecule is CCCC(C)Nn1ccnc1. The molecule has 3 nitrogen and oxygen atoms in total. The van der Waals surface area contributed by atoms with E-state index in [-0.39, 0.29) is 0 Å². The fraction of sp³-hybridized carbons (Fsp3) is 0.625. The first-order valence-corrected chi connectivity index (χ1v) is 4.07. The van der Waals surface area contributed by atoms with Gasteiger partial charge >= 0.3 is 0 Å². The lowest BCUT2D eigenvalue weighted by molar-refractivity contribution is 0.622. The highest BCUT2D eigenvalue weighted by Gasteiger charge is 1.97. The number of aromatic nitrogens is 2. The minimum Gasteiger partial charge on any atom is -0.322 e. The summed E-state index contributed by atoms with van der Waals surface area (Å²) in [6.07, 6.45) is 7.85. The van der Waals surface area contributed by atoms with Gasteiger partial charge in [0.15, 0.2) is 0 Å². The highest BCUT2D eigenvalue weighted by molar-refractivity contribution is 4.83. The Morgan fingerprint density at radius 2 is 2.45 bits per heavy atom. The summed E-state index contributed by atoms with van der Waals surface area (Å²) in [5.41, 5.74) is 3.28. The van der Waals surface area contributed by atoms with Crippen molar-refractivity contribution in [1.82, 2.24) is 9.66 Å². The van der Waals surface area contributed by atoms with E-state index in [1.807, 2.05) is 10.9 Å². The largest absolute Gasteiger partial charge is 0.322 e. The Hall–Kier alpha value is -0.990. The van der Waals surface area contributed by atoms with Crippen molar-refractivity contribution >= 4 is 0 Å². The lowest BCUT2D eigenvalue weighted by atomic mass is 10.2. The van der Waals surface area contributed by atoms with Crippen molar-refractivity contribution in [2.24, 2.45) is 0 Å². The maximum Gasteiger partial charge on any atom is 0.114 e. The van der Waals surface area contributed by atoms with Crippen LogP contribution in [-0.2, 0) is 0 Å². The van der Waals surface area contributed by atoms with Crippen molar-refractivity contribution in [2.75, 3.05) is 5.43 Å². The van der Waals surface area contributed by atoms with Gasteiger partial charge in [-0.25, -0.2) is 4.98 Å². The molecule has 0 aliphatic rings. The summed E-state index contributed by atoms with van der Waals surface area (Å²) < 4.78 is 1.89. The second-order valence-corrected chi connectivity index (χ2v) is 2.79. The summed E-state index contributed by atoms with van der Waals surface area (Å²) in [5.74, 6) is 0. The van der Waals surface area contributed by atoms with E-state index in [0.29, 0.717) is 6.04 Å². The van der Waals surface area contributed by atoms with E-state index in [4.69, 9.17) is 0 Å². The Morgan fingerprint density at radius 1 is 1.64 bits per heavy atom. The van der Waals surface area contributed by atoms with E-state index in [1.165, 1.54) is 12.8 Å². The van der Waals surface area contributed by atoms with Crippen LogP contribution >= 0.6 is 0 Å². The quantitative estimate of drug-likeness (QED) is 0.712. The first kappa shape index (κ1) is 8.11. The van der Waals surface area contributed by atoms with Crippen LogP contribution < -0.4 is 5.43 Å². The summed E-state index contributed by atoms with van der Waals surface area (Å²) in [4.78, 5) is 3.94. The number of imidazole rings is 1. The third-order valence-electron chi connectivity index (χ3n) is 1.60. The molecule has 0 aliphatic heterocycles. The first-order chi connectivity index (χ1) is 5.33. The lowest BCUT2D eigenvalue weighted by Crippen LogP contribution is -2.23. The zero-order chi connectivity index (χ0) is 8.10. The number of hydrogen-bond acceptors (Lipinski definition) is 2. The molecule has 62 valence electrons. The topological polar surface area (TPSA) is 29.9 Å². The summed E-state index contributed by atoms with van der Waals surface area (Å²) in [6, 6.07) is 0.522. The van der Waals surface area contributed by atoms with Crippen LogP contribution in [0.2, 0.25) is 0 Å². The molecule has 1 heterocycles. The van der Waals surface area contributed by atoms with E-state index in [9.17, 15) is 0 Å². The predicted molar refractivity (Wildman–Crippen MR) is 46.0 cm³/mol. The predicted octanol–water partition coefficient (Wildman–Crippen LogP) is 1.62. The van der Waals surface area contributed by atoms with Gasteiger partial charge in [0.1, 0.15) is 6.33 Å². The number of rotatable bonds is 4. The molecule has 1 aromatic heterocycles. The highest BCUT2D eigenvalue weighted by atomic mass is 15.4. The summed E-state index contributed by atoms with van der Waals surface area (Å²) >= 11 is 0. The molecule has 1 atom stereocenters. The van der Waals surface area contributed by atoms with Crippen molar-refractivity contribution in [3.63, 3.8) is 0 Å². The van der Waals surface area contributed by atoms with Crippen molar-refractivity contribution in [2.45, 2.75) is 32.7 Å². The number of nitrogens with one attached hydrogen (secondary N) is 1. The molecule has 0 aliphatic carbocycles. The van der Waals surface area contributed by atoms with Crippen molar-refractivity contribution < 1.29 is 0 Å². The molecule has 0 amide bonds. The molecule has 0 fully saturated rings. The van der Waals surface area contributed by atoms with E-state index >= 15 is 0 Å². The lowest BCUT2D eigenvalue weighted by Gasteiger charge is -2.13. The van der Waals surface area contributed by atoms with Crippen LogP contribution in [0.15, 0.2) is 18.7 Å². The van der Waals surface area contributed by atoms with Gasteiger partial charge in [-0.05, 0) is 13.3 Å². The molecule has 1 N–H and O–H groups in total. The van der Waals surface area contributed by atoms with Crippen LogP contribution in [0.4, 0.5) is 0 Å². The van der Waals surface area contributed by atoms with Crippen LogP contribution in [0.5, 0.6) is 0 Å². The van der Waals surface area contributed by atoms with Crippen molar-refractivity contribution in [3.8, 4) is 0 Å². The zero-order valence-corrected chi connectivity index (χ0v) is 7.12. The third kappa shape index (κ3) is 2.62. The Balaban J connectivity index is 2.31. The Kier molecular flexibility index (Phi) is 2.95. The van der Waals surface area contributed by atoms with Crippen molar-refractivity contribution in [1.29, 1.82) is 0 Å². The van der Waals surface area contributed by atoms with Gasteiger partial charge in [0.2, 0.25) is 0 Å². The second kappa shape index (κ2) is 4.01. The van der Waals surface area contributed by atoms with Crippen LogP contribution in [0.3, 0.4) is 0 Å². The maximum absolute atomic E-state index is 3.94. The molecular formula is C8H15N3. The van der Waals surface area contributed by atoms with Gasteiger partial charge in [-0.1, -0.05) is 13.3 Å². The second-order valence-electron chi connectivity index (χ2n) is 2.79. The molecule has 11 heavy (non-hydrogen) atoms. The molecule has 1 rings (SSSR count). The maximum atomic E-state index is 3.94. The van der Waals surface area contributed by atoms with E-state index in [0.717, 1.165) is 0 Å². The van der Waals surface area contributed by atoms with Crippen LogP contribution in [0, 0.1) is 0 Å². The average molecular weight is 153 g/mol. The molecule has 3 heteroatoms. The molecule has 1 aromatic rings. The number of nitrogens with zero attached hydrogens (tertiary/aromatic N) is 2. The van der Waals surface area contributed by atoms with Gasteiger partial charge < -0.3 is 5.43 Å². The van der Waals surface area contributed by atoms with E-state index in [2.05, 4.69) is 24.3 Å². The van der Waals surface area contributed by atoms with Gasteiger partial charge in [-0.3, -0.25) is 4.68 Å².